The molecule has 0 radical (unpaired) electrons. The van der Waals surface area contributed by atoms with Crippen LogP contribution in [0.1, 0.15) is 11.3 Å². The summed E-state index contributed by atoms with van der Waals surface area (Å²) in [4.78, 5) is 12.5. The van der Waals surface area contributed by atoms with Crippen LogP contribution in [0, 0.1) is 0 Å². The molecule has 0 bridgehead atoms. The second-order valence-electron chi connectivity index (χ2n) is 2.96. The van der Waals surface area contributed by atoms with Crippen molar-refractivity contribution in [2.24, 2.45) is 5.73 Å². The van der Waals surface area contributed by atoms with E-state index in [0.717, 1.165) is 6.42 Å². The molecule has 0 aliphatic carbocycles. The molecule has 1 heterocycles. The molecule has 0 unspecified atom stereocenters. The van der Waals surface area contributed by atoms with Crippen molar-refractivity contribution in [3.63, 3.8) is 0 Å². The van der Waals surface area contributed by atoms with Gasteiger partial charge in [0.15, 0.2) is 5.78 Å². The summed E-state index contributed by atoms with van der Waals surface area (Å²) in [7, 11) is 0. The zero-order valence-corrected chi connectivity index (χ0v) is 8.89. The zero-order valence-electron chi connectivity index (χ0n) is 8.07. The van der Waals surface area contributed by atoms with Gasteiger partial charge in [-0.25, -0.2) is 0 Å². The van der Waals surface area contributed by atoms with E-state index in [-0.39, 0.29) is 12.4 Å². The van der Waals surface area contributed by atoms with E-state index >= 15 is 0 Å². The van der Waals surface area contributed by atoms with E-state index in [1.807, 2.05) is 17.5 Å². The number of thiophene rings is 1. The minimum absolute atomic E-state index is 0.145. The second kappa shape index (κ2) is 6.70. The average molecular weight is 213 g/mol. The summed E-state index contributed by atoms with van der Waals surface area (Å²) >= 11 is 1.68. The van der Waals surface area contributed by atoms with Crippen LogP contribution in [0.4, 0.5) is 0 Å². The van der Waals surface area contributed by atoms with Crippen LogP contribution in [0.15, 0.2) is 17.5 Å². The predicted molar refractivity (Wildman–Crippen MR) is 57.5 cm³/mol. The number of carbonyl (C=O) groups is 1. The Bertz CT molecular complexity index is 259. The van der Waals surface area contributed by atoms with Crippen molar-refractivity contribution in [3.05, 3.63) is 22.4 Å². The van der Waals surface area contributed by atoms with Crippen LogP contribution in [0.2, 0.25) is 0 Å². The van der Waals surface area contributed by atoms with Crippen molar-refractivity contribution in [1.29, 1.82) is 0 Å². The van der Waals surface area contributed by atoms with Crippen molar-refractivity contribution in [1.82, 2.24) is 0 Å². The SMILES string of the molecule is NCCOCC(=O)CCc1cccs1. The molecule has 0 aromatic carbocycles. The van der Waals surface area contributed by atoms with Crippen LogP contribution in [0.5, 0.6) is 0 Å². The summed E-state index contributed by atoms with van der Waals surface area (Å²) in [6.07, 6.45) is 1.38. The Hall–Kier alpha value is -0.710. The van der Waals surface area contributed by atoms with Crippen molar-refractivity contribution in [2.75, 3.05) is 19.8 Å². The third-order valence-corrected chi connectivity index (χ3v) is 2.69. The van der Waals surface area contributed by atoms with Crippen LogP contribution in [-0.2, 0) is 16.0 Å². The molecule has 3 nitrogen and oxygen atoms in total. The van der Waals surface area contributed by atoms with Gasteiger partial charge in [0.05, 0.1) is 6.61 Å². The molecule has 0 aliphatic rings. The van der Waals surface area contributed by atoms with Crippen molar-refractivity contribution in [3.8, 4) is 0 Å². The number of nitrogens with two attached hydrogens (primary N) is 1. The number of rotatable bonds is 7. The van der Waals surface area contributed by atoms with E-state index in [1.165, 1.54) is 4.88 Å². The lowest BCUT2D eigenvalue weighted by Crippen LogP contribution is -2.14. The molecule has 1 aromatic rings. The summed E-state index contributed by atoms with van der Waals surface area (Å²) in [5.41, 5.74) is 5.23. The van der Waals surface area contributed by atoms with Crippen LogP contribution in [0.3, 0.4) is 0 Å². The number of hydrogen-bond acceptors (Lipinski definition) is 4. The zero-order chi connectivity index (χ0) is 10.2. The number of carbonyl (C=O) groups excluding carboxylic acids is 1. The average Bonchev–Trinajstić information content (AvgIpc) is 2.68. The minimum atomic E-state index is 0.145. The summed E-state index contributed by atoms with van der Waals surface area (Å²) in [6.45, 7) is 1.13. The number of hydrogen-bond donors (Lipinski definition) is 1. The van der Waals surface area contributed by atoms with E-state index in [9.17, 15) is 4.79 Å². The number of ketones is 1. The van der Waals surface area contributed by atoms with Crippen molar-refractivity contribution < 1.29 is 9.53 Å². The van der Waals surface area contributed by atoms with E-state index in [0.29, 0.717) is 19.6 Å². The lowest BCUT2D eigenvalue weighted by atomic mass is 10.2. The highest BCUT2D eigenvalue weighted by Crippen LogP contribution is 2.10. The lowest BCUT2D eigenvalue weighted by molar-refractivity contribution is -0.123. The fourth-order valence-corrected chi connectivity index (χ4v) is 1.77. The van der Waals surface area contributed by atoms with Gasteiger partial charge in [-0.05, 0) is 17.9 Å². The first-order valence-corrected chi connectivity index (χ1v) is 5.53. The van der Waals surface area contributed by atoms with Gasteiger partial charge in [0.25, 0.3) is 0 Å². The molecule has 2 N–H and O–H groups in total. The van der Waals surface area contributed by atoms with Gasteiger partial charge in [0.2, 0.25) is 0 Å². The van der Waals surface area contributed by atoms with Gasteiger partial charge in [-0.1, -0.05) is 6.07 Å². The largest absolute Gasteiger partial charge is 0.372 e. The van der Waals surface area contributed by atoms with Gasteiger partial charge in [0, 0.05) is 17.8 Å². The highest BCUT2D eigenvalue weighted by molar-refractivity contribution is 7.09. The fraction of sp³-hybridized carbons (Fsp3) is 0.500. The Morgan fingerprint density at radius 2 is 2.43 bits per heavy atom. The first-order chi connectivity index (χ1) is 6.83. The fourth-order valence-electron chi connectivity index (χ4n) is 1.06. The molecule has 0 aliphatic heterocycles. The summed E-state index contributed by atoms with van der Waals surface area (Å²) < 4.78 is 5.04. The third-order valence-electron chi connectivity index (χ3n) is 1.76. The predicted octanol–water partition coefficient (Wildman–Crippen LogP) is 1.23. The molecule has 0 saturated carbocycles. The topological polar surface area (TPSA) is 52.3 Å². The standard InChI is InChI=1S/C10H15NO2S/c11-5-6-13-8-9(12)3-4-10-2-1-7-14-10/h1-2,7H,3-6,8,11H2. The van der Waals surface area contributed by atoms with Crippen LogP contribution in [0.25, 0.3) is 0 Å². The van der Waals surface area contributed by atoms with Crippen molar-refractivity contribution >= 4 is 17.1 Å². The smallest absolute Gasteiger partial charge is 0.158 e. The van der Waals surface area contributed by atoms with Gasteiger partial charge in [-0.3, -0.25) is 4.79 Å². The monoisotopic (exact) mass is 213 g/mol. The molecular formula is C10H15NO2S. The third kappa shape index (κ3) is 4.50. The highest BCUT2D eigenvalue weighted by atomic mass is 32.1. The Balaban J connectivity index is 2.09. The summed E-state index contributed by atoms with van der Waals surface area (Å²) in [5.74, 6) is 0.145. The summed E-state index contributed by atoms with van der Waals surface area (Å²) in [5, 5.41) is 2.02. The van der Waals surface area contributed by atoms with E-state index in [2.05, 4.69) is 0 Å². The Morgan fingerprint density at radius 1 is 1.57 bits per heavy atom. The van der Waals surface area contributed by atoms with Gasteiger partial charge >= 0.3 is 0 Å². The number of aryl methyl sites for hydroxylation is 1. The van der Waals surface area contributed by atoms with Gasteiger partial charge in [-0.2, -0.15) is 0 Å². The van der Waals surface area contributed by atoms with Gasteiger partial charge < -0.3 is 10.5 Å². The highest BCUT2D eigenvalue weighted by Gasteiger charge is 2.02. The van der Waals surface area contributed by atoms with E-state index in [4.69, 9.17) is 10.5 Å². The normalized spacial score (nSPS) is 10.4. The Kier molecular flexibility index (Phi) is 5.44. The first kappa shape index (κ1) is 11.4. The molecule has 0 saturated heterocycles. The second-order valence-corrected chi connectivity index (χ2v) is 3.99. The lowest BCUT2D eigenvalue weighted by Gasteiger charge is -2.00. The van der Waals surface area contributed by atoms with Gasteiger partial charge in [0.1, 0.15) is 6.61 Å². The molecule has 1 rings (SSSR count). The molecule has 78 valence electrons. The van der Waals surface area contributed by atoms with Crippen LogP contribution < -0.4 is 5.73 Å². The number of ether oxygens (including phenoxy) is 1. The maximum Gasteiger partial charge on any atom is 0.158 e. The Labute approximate surface area is 87.9 Å². The molecule has 0 spiro atoms. The molecule has 4 heteroatoms. The molecule has 0 fully saturated rings. The molecule has 0 amide bonds. The number of Topliss-reactive ketones (excluding diaryl/α,β-unsaturated/α-hetero) is 1. The van der Waals surface area contributed by atoms with Crippen LogP contribution >= 0.6 is 11.3 Å². The maximum absolute atomic E-state index is 11.3. The molecule has 0 atom stereocenters. The summed E-state index contributed by atoms with van der Waals surface area (Å²) in [6, 6.07) is 4.04. The van der Waals surface area contributed by atoms with E-state index < -0.39 is 0 Å². The Morgan fingerprint density at radius 3 is 3.07 bits per heavy atom. The maximum atomic E-state index is 11.3. The van der Waals surface area contributed by atoms with E-state index in [1.54, 1.807) is 11.3 Å². The van der Waals surface area contributed by atoms with Crippen molar-refractivity contribution in [2.45, 2.75) is 12.8 Å². The van der Waals surface area contributed by atoms with Gasteiger partial charge in [-0.15, -0.1) is 11.3 Å². The molecular weight excluding hydrogens is 198 g/mol. The van der Waals surface area contributed by atoms with Crippen LogP contribution in [-0.4, -0.2) is 25.5 Å². The quantitative estimate of drug-likeness (QED) is 0.693. The molecule has 1 aromatic heterocycles. The minimum Gasteiger partial charge on any atom is -0.372 e. The molecule has 14 heavy (non-hydrogen) atoms. The first-order valence-electron chi connectivity index (χ1n) is 4.65.